The molecule has 0 radical (unpaired) electrons. The van der Waals surface area contributed by atoms with E-state index in [1.807, 2.05) is 34.2 Å². The number of nitrogens with zero attached hydrogens (tertiary/aromatic N) is 4. The molecule has 4 heterocycles. The zero-order valence-electron chi connectivity index (χ0n) is 13.6. The fourth-order valence-electron chi connectivity index (χ4n) is 3.19. The van der Waals surface area contributed by atoms with E-state index in [1.165, 1.54) is 4.88 Å². The molecule has 0 bridgehead atoms. The van der Waals surface area contributed by atoms with Crippen molar-refractivity contribution < 1.29 is 4.79 Å². The van der Waals surface area contributed by atoms with Gasteiger partial charge in [0.25, 0.3) is 0 Å². The maximum Gasteiger partial charge on any atom is 0.231 e. The predicted octanol–water partition coefficient (Wildman–Crippen LogP) is 2.98. The third kappa shape index (κ3) is 3.34. The van der Waals surface area contributed by atoms with Crippen LogP contribution in [0.5, 0.6) is 0 Å². The first-order valence-corrected chi connectivity index (χ1v) is 9.52. The summed E-state index contributed by atoms with van der Waals surface area (Å²) in [6.45, 7) is 2.10. The first-order chi connectivity index (χ1) is 12.2. The molecule has 0 unspecified atom stereocenters. The van der Waals surface area contributed by atoms with Gasteiger partial charge in [0.05, 0.1) is 17.5 Å². The Morgan fingerprint density at radius 1 is 1.36 bits per heavy atom. The molecular formula is C17H18ClN5OS. The van der Waals surface area contributed by atoms with Gasteiger partial charge in [0.15, 0.2) is 5.65 Å². The summed E-state index contributed by atoms with van der Waals surface area (Å²) >= 11 is 7.83. The number of carbonyl (C=O) groups is 1. The summed E-state index contributed by atoms with van der Waals surface area (Å²) in [6, 6.07) is 7.70. The molecular weight excluding hydrogens is 358 g/mol. The highest BCUT2D eigenvalue weighted by atomic mass is 35.5. The molecule has 1 N–H and O–H groups in total. The van der Waals surface area contributed by atoms with Crippen LogP contribution in [0.1, 0.15) is 17.7 Å². The van der Waals surface area contributed by atoms with Gasteiger partial charge in [-0.1, -0.05) is 17.7 Å². The number of pyridine rings is 1. The van der Waals surface area contributed by atoms with Crippen LogP contribution in [0.15, 0.2) is 35.8 Å². The molecule has 0 spiro atoms. The van der Waals surface area contributed by atoms with E-state index in [0.717, 1.165) is 25.3 Å². The molecule has 0 saturated carbocycles. The number of fused-ring (bicyclic) bond motifs is 1. The van der Waals surface area contributed by atoms with E-state index in [2.05, 4.69) is 20.4 Å². The van der Waals surface area contributed by atoms with Crippen molar-refractivity contribution >= 4 is 40.4 Å². The van der Waals surface area contributed by atoms with E-state index in [1.54, 1.807) is 17.4 Å². The minimum atomic E-state index is -0.0414. The first kappa shape index (κ1) is 16.4. The summed E-state index contributed by atoms with van der Waals surface area (Å²) in [5.74, 6) is 0.804. The molecule has 1 atom stereocenters. The van der Waals surface area contributed by atoms with Crippen molar-refractivity contribution in [3.8, 4) is 0 Å². The summed E-state index contributed by atoms with van der Waals surface area (Å²) in [5.41, 5.74) is 0.642. The van der Waals surface area contributed by atoms with Gasteiger partial charge in [0.1, 0.15) is 0 Å². The molecule has 1 aliphatic heterocycles. The lowest BCUT2D eigenvalue weighted by molar-refractivity contribution is -0.125. The van der Waals surface area contributed by atoms with E-state index in [4.69, 9.17) is 11.6 Å². The summed E-state index contributed by atoms with van der Waals surface area (Å²) in [7, 11) is 0. The molecule has 130 valence electrons. The molecule has 0 aliphatic carbocycles. The second kappa shape index (κ2) is 7.01. The van der Waals surface area contributed by atoms with Gasteiger partial charge in [0, 0.05) is 24.2 Å². The maximum atomic E-state index is 12.5. The van der Waals surface area contributed by atoms with Crippen molar-refractivity contribution in [2.45, 2.75) is 19.4 Å². The highest BCUT2D eigenvalue weighted by molar-refractivity contribution is 7.09. The molecule has 8 heteroatoms. The third-order valence-electron chi connectivity index (χ3n) is 4.46. The summed E-state index contributed by atoms with van der Waals surface area (Å²) < 4.78 is 1.88. The van der Waals surface area contributed by atoms with Crippen molar-refractivity contribution in [3.63, 3.8) is 0 Å². The lowest BCUT2D eigenvalue weighted by atomic mass is 9.97. The Labute approximate surface area is 154 Å². The number of halogens is 1. The number of rotatable bonds is 4. The Bertz CT molecular complexity index is 878. The number of hydrogen-bond acceptors (Lipinski definition) is 5. The third-order valence-corrected chi connectivity index (χ3v) is 5.63. The smallest absolute Gasteiger partial charge is 0.231 e. The zero-order chi connectivity index (χ0) is 17.2. The molecule has 1 aliphatic rings. The van der Waals surface area contributed by atoms with Crippen molar-refractivity contribution in [1.82, 2.24) is 19.9 Å². The molecule has 25 heavy (non-hydrogen) atoms. The van der Waals surface area contributed by atoms with Crippen LogP contribution < -0.4 is 10.2 Å². The first-order valence-electron chi connectivity index (χ1n) is 8.26. The molecule has 4 rings (SSSR count). The van der Waals surface area contributed by atoms with Crippen LogP contribution in [-0.4, -0.2) is 33.6 Å². The maximum absolute atomic E-state index is 12.5. The van der Waals surface area contributed by atoms with Gasteiger partial charge >= 0.3 is 0 Å². The lowest BCUT2D eigenvalue weighted by Crippen LogP contribution is -2.43. The van der Waals surface area contributed by atoms with E-state index < -0.39 is 0 Å². The number of carbonyl (C=O) groups excluding carboxylic acids is 1. The number of nitrogens with one attached hydrogen (secondary N) is 1. The van der Waals surface area contributed by atoms with Crippen molar-refractivity contribution in [1.29, 1.82) is 0 Å². The normalized spacial score (nSPS) is 17.8. The predicted molar refractivity (Wildman–Crippen MR) is 99.1 cm³/mol. The minimum Gasteiger partial charge on any atom is -0.351 e. The monoisotopic (exact) mass is 375 g/mol. The second-order valence-electron chi connectivity index (χ2n) is 6.13. The van der Waals surface area contributed by atoms with Gasteiger partial charge in [0.2, 0.25) is 11.9 Å². The Balaban J connectivity index is 1.46. The van der Waals surface area contributed by atoms with Gasteiger partial charge in [-0.25, -0.2) is 0 Å². The van der Waals surface area contributed by atoms with Crippen LogP contribution in [0, 0.1) is 5.92 Å². The van der Waals surface area contributed by atoms with Gasteiger partial charge in [-0.3, -0.25) is 9.20 Å². The molecule has 1 saturated heterocycles. The molecule has 1 fully saturated rings. The van der Waals surface area contributed by atoms with Crippen LogP contribution in [0.3, 0.4) is 0 Å². The molecule has 1 amide bonds. The minimum absolute atomic E-state index is 0.0414. The molecule has 0 aromatic carbocycles. The lowest BCUT2D eigenvalue weighted by Gasteiger charge is -2.31. The average molecular weight is 376 g/mol. The van der Waals surface area contributed by atoms with Crippen LogP contribution >= 0.6 is 22.9 Å². The topological polar surface area (TPSA) is 62.5 Å². The standard InChI is InChI=1S/C17H18ClN5OS/c18-14-6-2-8-23-15(14)20-21-17(23)22-7-1-4-12(11-22)16(24)19-10-13-5-3-9-25-13/h2-3,5-6,8-9,12H,1,4,7,10-11H2,(H,19,24)/t12-/m0/s1. The van der Waals surface area contributed by atoms with E-state index >= 15 is 0 Å². The van der Waals surface area contributed by atoms with Crippen molar-refractivity contribution in [2.24, 2.45) is 5.92 Å². The fourth-order valence-corrected chi connectivity index (χ4v) is 4.04. The number of aromatic nitrogens is 3. The molecule has 3 aromatic rings. The summed E-state index contributed by atoms with van der Waals surface area (Å²) in [5, 5.41) is 14.1. The van der Waals surface area contributed by atoms with E-state index in [-0.39, 0.29) is 11.8 Å². The van der Waals surface area contributed by atoms with Crippen LogP contribution in [-0.2, 0) is 11.3 Å². The van der Waals surface area contributed by atoms with Crippen molar-refractivity contribution in [2.75, 3.05) is 18.0 Å². The summed E-state index contributed by atoms with van der Waals surface area (Å²) in [4.78, 5) is 15.8. The highest BCUT2D eigenvalue weighted by Gasteiger charge is 2.28. The number of anilines is 1. The molecule has 3 aromatic heterocycles. The number of amides is 1. The SMILES string of the molecule is O=C(NCc1cccs1)[C@H]1CCCN(c2nnc3c(Cl)cccn23)C1. The second-order valence-corrected chi connectivity index (χ2v) is 7.57. The Morgan fingerprint density at radius 2 is 2.28 bits per heavy atom. The van der Waals surface area contributed by atoms with E-state index in [0.29, 0.717) is 23.8 Å². The van der Waals surface area contributed by atoms with Crippen LogP contribution in [0.4, 0.5) is 5.95 Å². The quantitative estimate of drug-likeness (QED) is 0.761. The molecule has 6 nitrogen and oxygen atoms in total. The highest BCUT2D eigenvalue weighted by Crippen LogP contribution is 2.25. The number of piperidine rings is 1. The largest absolute Gasteiger partial charge is 0.351 e. The van der Waals surface area contributed by atoms with Crippen LogP contribution in [0.25, 0.3) is 5.65 Å². The number of thiophene rings is 1. The van der Waals surface area contributed by atoms with Crippen molar-refractivity contribution in [3.05, 3.63) is 45.7 Å². The Kier molecular flexibility index (Phi) is 4.59. The van der Waals surface area contributed by atoms with Gasteiger partial charge in [-0.05, 0) is 36.4 Å². The fraction of sp³-hybridized carbons (Fsp3) is 0.353. The number of hydrogen-bond donors (Lipinski definition) is 1. The summed E-state index contributed by atoms with van der Waals surface area (Å²) in [6.07, 6.45) is 3.74. The zero-order valence-corrected chi connectivity index (χ0v) is 15.1. The van der Waals surface area contributed by atoms with Crippen LogP contribution in [0.2, 0.25) is 5.02 Å². The Morgan fingerprint density at radius 3 is 3.12 bits per heavy atom. The average Bonchev–Trinajstić information content (AvgIpc) is 3.30. The van der Waals surface area contributed by atoms with Gasteiger partial charge in [-0.2, -0.15) is 0 Å². The van der Waals surface area contributed by atoms with E-state index in [9.17, 15) is 4.79 Å². The Hall–Kier alpha value is -2.12. The van der Waals surface area contributed by atoms with Gasteiger partial charge in [-0.15, -0.1) is 21.5 Å². The van der Waals surface area contributed by atoms with Gasteiger partial charge < -0.3 is 10.2 Å².